The summed E-state index contributed by atoms with van der Waals surface area (Å²) in [4.78, 5) is 28.7. The summed E-state index contributed by atoms with van der Waals surface area (Å²) in [6.45, 7) is 6.03. The van der Waals surface area contributed by atoms with Crippen LogP contribution in [0.15, 0.2) is 24.3 Å². The molecule has 1 aromatic carbocycles. The maximum atomic E-state index is 13.9. The van der Waals surface area contributed by atoms with Crippen molar-refractivity contribution < 1.29 is 14.0 Å². The number of carbonyl (C=O) groups is 2. The summed E-state index contributed by atoms with van der Waals surface area (Å²) < 4.78 is 13.9. The van der Waals surface area contributed by atoms with E-state index in [2.05, 4.69) is 13.8 Å². The molecule has 136 valence electrons. The van der Waals surface area contributed by atoms with E-state index in [0.717, 1.165) is 25.1 Å². The van der Waals surface area contributed by atoms with Crippen LogP contribution < -0.4 is 0 Å². The fourth-order valence-electron chi connectivity index (χ4n) is 3.70. The summed E-state index contributed by atoms with van der Waals surface area (Å²) in [6.07, 6.45) is 2.07. The smallest absolute Gasteiger partial charge is 0.256 e. The highest BCUT2D eigenvalue weighted by Gasteiger charge is 2.46. The second-order valence-corrected chi connectivity index (χ2v) is 8.67. The van der Waals surface area contributed by atoms with Crippen molar-refractivity contribution in [2.24, 2.45) is 5.92 Å². The van der Waals surface area contributed by atoms with Crippen molar-refractivity contribution in [1.82, 2.24) is 9.80 Å². The second-order valence-electron chi connectivity index (χ2n) is 7.21. The molecule has 0 unspecified atom stereocenters. The minimum absolute atomic E-state index is 0.130. The van der Waals surface area contributed by atoms with E-state index < -0.39 is 5.82 Å². The van der Waals surface area contributed by atoms with Gasteiger partial charge < -0.3 is 9.80 Å². The van der Waals surface area contributed by atoms with Crippen LogP contribution in [-0.4, -0.2) is 51.9 Å². The van der Waals surface area contributed by atoms with Crippen LogP contribution in [0, 0.1) is 11.7 Å². The van der Waals surface area contributed by atoms with E-state index in [1.807, 2.05) is 16.7 Å². The molecule has 2 aliphatic rings. The molecule has 0 atom stereocenters. The predicted octanol–water partition coefficient (Wildman–Crippen LogP) is 3.38. The monoisotopic (exact) mass is 364 g/mol. The van der Waals surface area contributed by atoms with Gasteiger partial charge in [-0.15, -0.1) is 11.8 Å². The second kappa shape index (κ2) is 7.36. The molecular weight excluding hydrogens is 339 g/mol. The van der Waals surface area contributed by atoms with Crippen molar-refractivity contribution in [3.05, 3.63) is 35.6 Å². The third kappa shape index (κ3) is 3.68. The normalized spacial score (nSPS) is 19.7. The Bertz CT molecular complexity index is 657. The van der Waals surface area contributed by atoms with Crippen LogP contribution in [0.4, 0.5) is 4.39 Å². The molecule has 1 spiro atoms. The Morgan fingerprint density at radius 3 is 2.52 bits per heavy atom. The first-order valence-electron chi connectivity index (χ1n) is 8.91. The minimum Gasteiger partial charge on any atom is -0.338 e. The first kappa shape index (κ1) is 18.2. The molecule has 4 nitrogen and oxygen atoms in total. The summed E-state index contributed by atoms with van der Waals surface area (Å²) in [5.74, 6) is 0.782. The zero-order chi connectivity index (χ0) is 18.0. The molecule has 0 aliphatic carbocycles. The SMILES string of the molecule is CC(C)CC(=O)N1CCSC12CCN(C(=O)c1ccccc1F)CC2. The number of amides is 2. The molecule has 2 aliphatic heterocycles. The van der Waals surface area contributed by atoms with E-state index in [1.165, 1.54) is 12.1 Å². The Morgan fingerprint density at radius 1 is 1.20 bits per heavy atom. The number of likely N-dealkylation sites (tertiary alicyclic amines) is 1. The summed E-state index contributed by atoms with van der Waals surface area (Å²) in [5, 5.41) is 0. The molecule has 2 amide bonds. The topological polar surface area (TPSA) is 40.6 Å². The number of hydrogen-bond acceptors (Lipinski definition) is 3. The maximum absolute atomic E-state index is 13.9. The van der Waals surface area contributed by atoms with Gasteiger partial charge >= 0.3 is 0 Å². The third-order valence-electron chi connectivity index (χ3n) is 5.00. The zero-order valence-electron chi connectivity index (χ0n) is 14.8. The van der Waals surface area contributed by atoms with Gasteiger partial charge in [0.15, 0.2) is 0 Å². The summed E-state index contributed by atoms with van der Waals surface area (Å²) >= 11 is 1.83. The number of nitrogens with zero attached hydrogens (tertiary/aromatic N) is 2. The summed E-state index contributed by atoms with van der Waals surface area (Å²) in [6, 6.07) is 6.12. The van der Waals surface area contributed by atoms with Gasteiger partial charge in [-0.2, -0.15) is 0 Å². The number of thioether (sulfide) groups is 1. The summed E-state index contributed by atoms with van der Waals surface area (Å²) in [5.41, 5.74) is 0.130. The van der Waals surface area contributed by atoms with Crippen molar-refractivity contribution in [2.45, 2.75) is 38.0 Å². The van der Waals surface area contributed by atoms with E-state index in [9.17, 15) is 14.0 Å². The molecule has 0 radical (unpaired) electrons. The van der Waals surface area contributed by atoms with Crippen LogP contribution in [0.25, 0.3) is 0 Å². The standard InChI is InChI=1S/C19H25FN2O2S/c1-14(2)13-17(23)22-11-12-25-19(22)7-9-21(10-8-19)18(24)15-5-3-4-6-16(15)20/h3-6,14H,7-13H2,1-2H3. The molecule has 25 heavy (non-hydrogen) atoms. The lowest BCUT2D eigenvalue weighted by Crippen LogP contribution is -2.53. The quantitative estimate of drug-likeness (QED) is 0.826. The van der Waals surface area contributed by atoms with Gasteiger partial charge in [0.2, 0.25) is 5.91 Å². The van der Waals surface area contributed by atoms with Crippen LogP contribution in [-0.2, 0) is 4.79 Å². The average molecular weight is 364 g/mol. The van der Waals surface area contributed by atoms with Crippen LogP contribution >= 0.6 is 11.8 Å². The molecule has 2 heterocycles. The minimum atomic E-state index is -0.475. The summed E-state index contributed by atoms with van der Waals surface area (Å²) in [7, 11) is 0. The van der Waals surface area contributed by atoms with Gasteiger partial charge in [-0.25, -0.2) is 4.39 Å². The molecule has 6 heteroatoms. The van der Waals surface area contributed by atoms with Crippen LogP contribution in [0.3, 0.4) is 0 Å². The highest BCUT2D eigenvalue weighted by Crippen LogP contribution is 2.44. The molecule has 2 saturated heterocycles. The highest BCUT2D eigenvalue weighted by molar-refractivity contribution is 8.00. The van der Waals surface area contributed by atoms with Crippen LogP contribution in [0.2, 0.25) is 0 Å². The lowest BCUT2D eigenvalue weighted by atomic mass is 9.99. The van der Waals surface area contributed by atoms with Crippen molar-refractivity contribution in [1.29, 1.82) is 0 Å². The van der Waals surface area contributed by atoms with E-state index in [0.29, 0.717) is 25.4 Å². The Labute approximate surface area is 152 Å². The molecule has 0 saturated carbocycles. The van der Waals surface area contributed by atoms with Crippen molar-refractivity contribution in [3.8, 4) is 0 Å². The van der Waals surface area contributed by atoms with Crippen molar-refractivity contribution in [3.63, 3.8) is 0 Å². The zero-order valence-corrected chi connectivity index (χ0v) is 15.7. The van der Waals surface area contributed by atoms with E-state index >= 15 is 0 Å². The van der Waals surface area contributed by atoms with E-state index in [1.54, 1.807) is 17.0 Å². The van der Waals surface area contributed by atoms with Gasteiger partial charge in [0.05, 0.1) is 10.4 Å². The maximum Gasteiger partial charge on any atom is 0.256 e. The van der Waals surface area contributed by atoms with Crippen LogP contribution in [0.1, 0.15) is 43.5 Å². The molecule has 3 rings (SSSR count). The fourth-order valence-corrected chi connectivity index (χ4v) is 5.17. The molecule has 0 N–H and O–H groups in total. The van der Waals surface area contributed by atoms with Crippen molar-refractivity contribution in [2.75, 3.05) is 25.4 Å². The Morgan fingerprint density at radius 2 is 1.88 bits per heavy atom. The highest BCUT2D eigenvalue weighted by atomic mass is 32.2. The Hall–Kier alpha value is -1.56. The molecular formula is C19H25FN2O2S. The number of hydrogen-bond donors (Lipinski definition) is 0. The van der Waals surface area contributed by atoms with E-state index in [4.69, 9.17) is 0 Å². The first-order valence-corrected chi connectivity index (χ1v) is 9.90. The fraction of sp³-hybridized carbons (Fsp3) is 0.579. The number of carbonyl (C=O) groups excluding carboxylic acids is 2. The van der Waals surface area contributed by atoms with Crippen LogP contribution in [0.5, 0.6) is 0 Å². The largest absolute Gasteiger partial charge is 0.338 e. The van der Waals surface area contributed by atoms with E-state index in [-0.39, 0.29) is 22.2 Å². The van der Waals surface area contributed by atoms with Gasteiger partial charge in [0.25, 0.3) is 5.91 Å². The van der Waals surface area contributed by atoms with Gasteiger partial charge in [-0.05, 0) is 30.9 Å². The van der Waals surface area contributed by atoms with Crippen molar-refractivity contribution >= 4 is 23.6 Å². The predicted molar refractivity (Wildman–Crippen MR) is 97.9 cm³/mol. The van der Waals surface area contributed by atoms with Gasteiger partial charge in [-0.1, -0.05) is 26.0 Å². The Balaban J connectivity index is 1.67. The van der Waals surface area contributed by atoms with Gasteiger partial charge in [0.1, 0.15) is 5.82 Å². The number of halogens is 1. The lowest BCUT2D eigenvalue weighted by molar-refractivity contribution is -0.135. The number of rotatable bonds is 3. The number of benzene rings is 1. The molecule has 0 bridgehead atoms. The lowest BCUT2D eigenvalue weighted by Gasteiger charge is -2.44. The van der Waals surface area contributed by atoms with Gasteiger partial charge in [0, 0.05) is 31.8 Å². The molecule has 1 aromatic rings. The molecule has 2 fully saturated rings. The number of piperidine rings is 1. The molecule has 0 aromatic heterocycles. The first-order chi connectivity index (χ1) is 11.9. The Kier molecular flexibility index (Phi) is 5.37. The van der Waals surface area contributed by atoms with Gasteiger partial charge in [-0.3, -0.25) is 9.59 Å². The average Bonchev–Trinajstić information content (AvgIpc) is 2.98. The third-order valence-corrected chi connectivity index (χ3v) is 6.55.